The van der Waals surface area contributed by atoms with Crippen LogP contribution in [0.4, 0.5) is 4.79 Å². The van der Waals surface area contributed by atoms with Gasteiger partial charge in [0.05, 0.1) is 0 Å². The van der Waals surface area contributed by atoms with Crippen molar-refractivity contribution in [1.29, 1.82) is 0 Å². The molecular weight excluding hydrogens is 324 g/mol. The molecule has 2 unspecified atom stereocenters. The van der Waals surface area contributed by atoms with Gasteiger partial charge in [-0.15, -0.1) is 0 Å². The van der Waals surface area contributed by atoms with Crippen LogP contribution in [0.5, 0.6) is 0 Å². The molecule has 0 aromatic carbocycles. The quantitative estimate of drug-likeness (QED) is 0.617. The van der Waals surface area contributed by atoms with E-state index in [1.165, 1.54) is 70.9 Å². The van der Waals surface area contributed by atoms with Gasteiger partial charge in [-0.3, -0.25) is 0 Å². The molecule has 1 amide bonds. The molecule has 1 N–H and O–H groups in total. The van der Waals surface area contributed by atoms with Crippen molar-refractivity contribution < 1.29 is 9.53 Å². The summed E-state index contributed by atoms with van der Waals surface area (Å²) in [6.45, 7) is 11.9. The third-order valence-electron chi connectivity index (χ3n) is 5.89. The molecule has 1 aliphatic carbocycles. The van der Waals surface area contributed by atoms with E-state index in [-0.39, 0.29) is 17.7 Å². The highest BCUT2D eigenvalue weighted by Gasteiger charge is 2.32. The molecule has 26 heavy (non-hydrogen) atoms. The molecule has 2 aliphatic rings. The number of amides is 1. The Kier molecular flexibility index (Phi) is 8.72. The molecular formula is C22H42N2O2. The van der Waals surface area contributed by atoms with Gasteiger partial charge in [0.15, 0.2) is 0 Å². The molecule has 2 fully saturated rings. The average Bonchev–Trinajstić information content (AvgIpc) is 2.56. The lowest BCUT2D eigenvalue weighted by Crippen LogP contribution is -2.46. The van der Waals surface area contributed by atoms with Gasteiger partial charge < -0.3 is 15.0 Å². The molecule has 1 heterocycles. The number of nitrogens with zero attached hydrogens (tertiary/aromatic N) is 1. The van der Waals surface area contributed by atoms with Crippen molar-refractivity contribution in [3.8, 4) is 0 Å². The molecule has 4 heteroatoms. The Labute approximate surface area is 161 Å². The summed E-state index contributed by atoms with van der Waals surface area (Å²) in [7, 11) is 0. The van der Waals surface area contributed by atoms with Crippen LogP contribution in [-0.2, 0) is 4.74 Å². The molecule has 0 aromatic heterocycles. The third kappa shape index (κ3) is 7.85. The van der Waals surface area contributed by atoms with E-state index in [9.17, 15) is 4.79 Å². The second-order valence-electron chi connectivity index (χ2n) is 9.63. The van der Waals surface area contributed by atoms with E-state index >= 15 is 0 Å². The number of rotatable bonds is 7. The van der Waals surface area contributed by atoms with Crippen LogP contribution in [0, 0.1) is 11.8 Å². The summed E-state index contributed by atoms with van der Waals surface area (Å²) in [5.74, 6) is 1.38. The molecule has 0 spiro atoms. The van der Waals surface area contributed by atoms with E-state index in [1.807, 2.05) is 20.8 Å². The summed E-state index contributed by atoms with van der Waals surface area (Å²) in [6, 6.07) is 0. The Morgan fingerprint density at radius 1 is 1.12 bits per heavy atom. The predicted octanol–water partition coefficient (Wildman–Crippen LogP) is 5.36. The second-order valence-corrected chi connectivity index (χ2v) is 9.63. The van der Waals surface area contributed by atoms with Crippen molar-refractivity contribution in [1.82, 2.24) is 10.2 Å². The first kappa shape index (κ1) is 21.5. The summed E-state index contributed by atoms with van der Waals surface area (Å²) in [5.41, 5.74) is -0.236. The lowest BCUT2D eigenvalue weighted by atomic mass is 9.85. The summed E-state index contributed by atoms with van der Waals surface area (Å²) >= 11 is 0. The molecule has 1 saturated carbocycles. The Morgan fingerprint density at radius 2 is 1.88 bits per heavy atom. The zero-order chi connectivity index (χ0) is 19.0. The topological polar surface area (TPSA) is 41.6 Å². The van der Waals surface area contributed by atoms with Crippen LogP contribution in [-0.4, -0.2) is 42.3 Å². The Morgan fingerprint density at radius 3 is 2.62 bits per heavy atom. The zero-order valence-electron chi connectivity index (χ0n) is 17.7. The van der Waals surface area contributed by atoms with Crippen molar-refractivity contribution in [2.24, 2.45) is 11.8 Å². The first-order valence-corrected chi connectivity index (χ1v) is 11.1. The minimum Gasteiger partial charge on any atom is -0.446 e. The molecule has 1 aliphatic heterocycles. The average molecular weight is 367 g/mol. The van der Waals surface area contributed by atoms with Gasteiger partial charge in [0.25, 0.3) is 0 Å². The monoisotopic (exact) mass is 366 g/mol. The first-order chi connectivity index (χ1) is 12.4. The highest BCUT2D eigenvalue weighted by molar-refractivity contribution is 5.68. The highest BCUT2D eigenvalue weighted by atomic mass is 16.6. The van der Waals surface area contributed by atoms with Gasteiger partial charge in [-0.2, -0.15) is 0 Å². The van der Waals surface area contributed by atoms with Crippen molar-refractivity contribution in [2.75, 3.05) is 19.6 Å². The number of carbonyl (C=O) groups is 1. The van der Waals surface area contributed by atoms with Gasteiger partial charge in [0, 0.05) is 24.5 Å². The van der Waals surface area contributed by atoms with E-state index in [0.29, 0.717) is 5.92 Å². The SMILES string of the molecule is CCCCC[C@@H]1CCCN(CC2CCCCC2OC(=O)NC(C)(C)C)C1. The number of nitrogens with one attached hydrogen (secondary N) is 1. The fourth-order valence-electron chi connectivity index (χ4n) is 4.58. The number of piperidine rings is 1. The molecule has 4 nitrogen and oxygen atoms in total. The molecule has 1 saturated heterocycles. The molecule has 2 rings (SSSR count). The molecule has 0 bridgehead atoms. The van der Waals surface area contributed by atoms with Crippen molar-refractivity contribution in [3.05, 3.63) is 0 Å². The summed E-state index contributed by atoms with van der Waals surface area (Å²) in [4.78, 5) is 14.9. The third-order valence-corrected chi connectivity index (χ3v) is 5.89. The van der Waals surface area contributed by atoms with Gasteiger partial charge >= 0.3 is 6.09 Å². The number of hydrogen-bond acceptors (Lipinski definition) is 3. The van der Waals surface area contributed by atoms with E-state index in [0.717, 1.165) is 18.9 Å². The summed E-state index contributed by atoms with van der Waals surface area (Å²) in [5, 5.41) is 2.95. The molecule has 0 radical (unpaired) electrons. The van der Waals surface area contributed by atoms with Crippen LogP contribution in [0.15, 0.2) is 0 Å². The lowest BCUT2D eigenvalue weighted by molar-refractivity contribution is 0.0134. The van der Waals surface area contributed by atoms with Crippen LogP contribution in [0.25, 0.3) is 0 Å². The molecule has 3 atom stereocenters. The fraction of sp³-hybridized carbons (Fsp3) is 0.955. The fourth-order valence-corrected chi connectivity index (χ4v) is 4.58. The smallest absolute Gasteiger partial charge is 0.407 e. The standard InChI is InChI=1S/C22H42N2O2/c1-5-6-7-11-18-12-10-15-24(16-18)17-19-13-8-9-14-20(19)26-21(25)23-22(2,3)4/h18-20H,5-17H2,1-4H3,(H,23,25)/t18-,19?,20?/m1/s1. The maximum absolute atomic E-state index is 12.2. The Bertz CT molecular complexity index is 419. The number of unbranched alkanes of at least 4 members (excludes halogenated alkanes) is 2. The Hall–Kier alpha value is -0.770. The number of alkyl carbamates (subject to hydrolysis) is 1. The van der Waals surface area contributed by atoms with Gasteiger partial charge in [-0.05, 0) is 71.8 Å². The maximum atomic E-state index is 12.2. The summed E-state index contributed by atoms with van der Waals surface area (Å²) < 4.78 is 5.85. The van der Waals surface area contributed by atoms with Crippen molar-refractivity contribution in [2.45, 2.75) is 104 Å². The number of carbonyl (C=O) groups excluding carboxylic acids is 1. The van der Waals surface area contributed by atoms with Crippen LogP contribution >= 0.6 is 0 Å². The Balaban J connectivity index is 1.82. The largest absolute Gasteiger partial charge is 0.446 e. The molecule has 152 valence electrons. The normalized spacial score (nSPS) is 27.9. The number of ether oxygens (including phenoxy) is 1. The number of likely N-dealkylation sites (tertiary alicyclic amines) is 1. The van der Waals surface area contributed by atoms with Crippen LogP contribution < -0.4 is 5.32 Å². The van der Waals surface area contributed by atoms with Crippen molar-refractivity contribution >= 4 is 6.09 Å². The van der Waals surface area contributed by atoms with Gasteiger partial charge in [-0.1, -0.05) is 32.6 Å². The highest BCUT2D eigenvalue weighted by Crippen LogP contribution is 2.30. The van der Waals surface area contributed by atoms with Crippen molar-refractivity contribution in [3.63, 3.8) is 0 Å². The minimum absolute atomic E-state index is 0.0894. The van der Waals surface area contributed by atoms with Crippen LogP contribution in [0.2, 0.25) is 0 Å². The minimum atomic E-state index is -0.245. The van der Waals surface area contributed by atoms with E-state index in [4.69, 9.17) is 4.74 Å². The van der Waals surface area contributed by atoms with Crippen LogP contribution in [0.1, 0.15) is 91.9 Å². The summed E-state index contributed by atoms with van der Waals surface area (Å²) in [6.07, 6.45) is 12.7. The zero-order valence-corrected chi connectivity index (χ0v) is 17.7. The molecule has 0 aromatic rings. The van der Waals surface area contributed by atoms with E-state index in [2.05, 4.69) is 17.1 Å². The van der Waals surface area contributed by atoms with E-state index < -0.39 is 0 Å². The van der Waals surface area contributed by atoms with Crippen LogP contribution in [0.3, 0.4) is 0 Å². The first-order valence-electron chi connectivity index (χ1n) is 11.1. The van der Waals surface area contributed by atoms with Gasteiger partial charge in [-0.25, -0.2) is 4.79 Å². The van der Waals surface area contributed by atoms with E-state index in [1.54, 1.807) is 0 Å². The predicted molar refractivity (Wildman–Crippen MR) is 108 cm³/mol. The van der Waals surface area contributed by atoms with Gasteiger partial charge in [0.1, 0.15) is 6.10 Å². The maximum Gasteiger partial charge on any atom is 0.407 e. The van der Waals surface area contributed by atoms with Gasteiger partial charge in [0.2, 0.25) is 0 Å². The second kappa shape index (κ2) is 10.5. The number of hydrogen-bond donors (Lipinski definition) is 1. The lowest BCUT2D eigenvalue weighted by Gasteiger charge is -2.39.